The number of pyridine rings is 1. The highest BCUT2D eigenvalue weighted by atomic mass is 16.1. The van der Waals surface area contributed by atoms with Crippen LogP contribution in [0.25, 0.3) is 27.8 Å². The minimum absolute atomic E-state index is 0. The molecule has 4 heterocycles. The lowest BCUT2D eigenvalue weighted by atomic mass is 10.1. The predicted octanol–water partition coefficient (Wildman–Crippen LogP) is 3.38. The predicted molar refractivity (Wildman–Crippen MR) is 116 cm³/mol. The van der Waals surface area contributed by atoms with Gasteiger partial charge < -0.3 is 9.88 Å². The highest BCUT2D eigenvalue weighted by Gasteiger charge is 2.18. The summed E-state index contributed by atoms with van der Waals surface area (Å²) in [5, 5.41) is 13.0. The summed E-state index contributed by atoms with van der Waals surface area (Å²) in [7, 11) is 2.11. The Bertz CT molecular complexity index is 1250. The number of hydrogen-bond acceptors (Lipinski definition) is 4. The number of nitrogens with zero attached hydrogens (tertiary/aromatic N) is 4. The first-order valence-electron chi connectivity index (χ1n) is 9.46. The lowest BCUT2D eigenvalue weighted by Crippen LogP contribution is -2.24. The van der Waals surface area contributed by atoms with Gasteiger partial charge in [-0.1, -0.05) is 13.5 Å². The van der Waals surface area contributed by atoms with Gasteiger partial charge in [0.15, 0.2) is 0 Å². The van der Waals surface area contributed by atoms with Gasteiger partial charge in [-0.05, 0) is 42.8 Å². The molecule has 1 aliphatic heterocycles. The minimum Gasteiger partial charge on any atom is -0.347 e. The van der Waals surface area contributed by atoms with Crippen LogP contribution in [0.5, 0.6) is 0 Å². The fraction of sp³-hybridized carbons (Fsp3) is 0.261. The number of benzene rings is 1. The maximum atomic E-state index is 12.8. The van der Waals surface area contributed by atoms with Crippen molar-refractivity contribution in [2.45, 2.75) is 27.3 Å². The van der Waals surface area contributed by atoms with Crippen molar-refractivity contribution in [2.75, 3.05) is 6.54 Å². The van der Waals surface area contributed by atoms with Crippen LogP contribution < -0.4 is 10.9 Å². The third kappa shape index (κ3) is 3.15. The molecule has 0 atom stereocenters. The number of rotatable bonds is 2. The zero-order valence-electron chi connectivity index (χ0n) is 15.9. The fourth-order valence-electron chi connectivity index (χ4n) is 4.05. The Morgan fingerprint density at radius 1 is 1.07 bits per heavy atom. The molecule has 3 aromatic heterocycles. The smallest absolute Gasteiger partial charge is 0.255 e. The highest BCUT2D eigenvalue weighted by Crippen LogP contribution is 2.29. The quantitative estimate of drug-likeness (QED) is 0.573. The SMILES string of the molecule is C.Cc1ccc(-c2ccn(-c3ccc4c5c(n(C)c4c3)CCNC5)c(=O)c2)nn1. The van der Waals surface area contributed by atoms with E-state index in [0.29, 0.717) is 5.69 Å². The van der Waals surface area contributed by atoms with Crippen molar-refractivity contribution in [1.29, 1.82) is 0 Å². The Kier molecular flexibility index (Phi) is 4.80. The molecule has 1 aromatic carbocycles. The Morgan fingerprint density at radius 2 is 1.93 bits per heavy atom. The van der Waals surface area contributed by atoms with Crippen molar-refractivity contribution >= 4 is 10.9 Å². The van der Waals surface area contributed by atoms with Gasteiger partial charge in [0.05, 0.1) is 22.6 Å². The second kappa shape index (κ2) is 7.29. The molecule has 0 saturated heterocycles. The molecule has 1 N–H and O–H groups in total. The van der Waals surface area contributed by atoms with E-state index < -0.39 is 0 Å². The highest BCUT2D eigenvalue weighted by molar-refractivity contribution is 5.87. The van der Waals surface area contributed by atoms with E-state index in [1.165, 1.54) is 16.6 Å². The Balaban J connectivity index is 0.00000205. The summed E-state index contributed by atoms with van der Waals surface area (Å²) < 4.78 is 3.94. The van der Waals surface area contributed by atoms with Crippen LogP contribution >= 0.6 is 0 Å². The second-order valence-electron chi connectivity index (χ2n) is 7.30. The molecule has 0 bridgehead atoms. The van der Waals surface area contributed by atoms with E-state index in [1.54, 1.807) is 10.6 Å². The van der Waals surface area contributed by atoms with Crippen LogP contribution in [0.3, 0.4) is 0 Å². The van der Waals surface area contributed by atoms with Crippen LogP contribution in [0.15, 0.2) is 53.5 Å². The molecular formula is C23H25N5O. The van der Waals surface area contributed by atoms with E-state index in [9.17, 15) is 4.79 Å². The summed E-state index contributed by atoms with van der Waals surface area (Å²) in [5.41, 5.74) is 7.02. The number of aryl methyl sites for hydroxylation is 2. The van der Waals surface area contributed by atoms with Crippen molar-refractivity contribution < 1.29 is 0 Å². The first-order chi connectivity index (χ1) is 13.6. The first-order valence-corrected chi connectivity index (χ1v) is 9.46. The van der Waals surface area contributed by atoms with Crippen LogP contribution in [0.1, 0.15) is 24.4 Å². The Labute approximate surface area is 169 Å². The normalized spacial score (nSPS) is 13.2. The van der Waals surface area contributed by atoms with E-state index in [2.05, 4.69) is 39.3 Å². The zero-order chi connectivity index (χ0) is 19.3. The van der Waals surface area contributed by atoms with Gasteiger partial charge in [-0.15, -0.1) is 0 Å². The average molecular weight is 387 g/mol. The molecule has 0 saturated carbocycles. The Hall–Kier alpha value is -3.25. The number of aromatic nitrogens is 4. The minimum atomic E-state index is -0.0835. The van der Waals surface area contributed by atoms with Crippen molar-refractivity contribution in [3.05, 3.63) is 76.0 Å². The molecule has 4 aromatic rings. The standard InChI is InChI=1S/C22H21N5O.CH4/c1-14-3-6-19(25-24-14)15-8-10-27(22(28)11-15)16-4-5-17-18-13-23-9-7-20(18)26(2)21(17)12-16;/h3-6,8,10-12,23H,7,9,13H2,1-2H3;1H4. The molecule has 148 valence electrons. The van der Waals surface area contributed by atoms with E-state index in [0.717, 1.165) is 42.0 Å². The van der Waals surface area contributed by atoms with Gasteiger partial charge in [-0.3, -0.25) is 9.36 Å². The van der Waals surface area contributed by atoms with Crippen LogP contribution in [0.4, 0.5) is 0 Å². The van der Waals surface area contributed by atoms with Crippen molar-refractivity contribution in [3.63, 3.8) is 0 Å². The molecule has 0 fully saturated rings. The summed E-state index contributed by atoms with van der Waals surface area (Å²) in [6, 6.07) is 13.5. The van der Waals surface area contributed by atoms with Crippen LogP contribution in [-0.4, -0.2) is 25.9 Å². The largest absolute Gasteiger partial charge is 0.347 e. The number of hydrogen-bond donors (Lipinski definition) is 1. The fourth-order valence-corrected chi connectivity index (χ4v) is 4.05. The summed E-state index contributed by atoms with van der Waals surface area (Å²) >= 11 is 0. The van der Waals surface area contributed by atoms with Crippen molar-refractivity contribution in [1.82, 2.24) is 24.6 Å². The molecule has 6 heteroatoms. The van der Waals surface area contributed by atoms with E-state index in [-0.39, 0.29) is 13.0 Å². The lowest BCUT2D eigenvalue weighted by molar-refractivity contribution is 0.622. The molecule has 0 radical (unpaired) electrons. The van der Waals surface area contributed by atoms with Gasteiger partial charge in [0.1, 0.15) is 0 Å². The van der Waals surface area contributed by atoms with Crippen LogP contribution in [0, 0.1) is 6.92 Å². The van der Waals surface area contributed by atoms with Gasteiger partial charge in [-0.2, -0.15) is 10.2 Å². The maximum Gasteiger partial charge on any atom is 0.255 e. The summed E-state index contributed by atoms with van der Waals surface area (Å²) in [6.45, 7) is 3.80. The molecule has 5 rings (SSSR count). The summed E-state index contributed by atoms with van der Waals surface area (Å²) in [4.78, 5) is 12.8. The number of fused-ring (bicyclic) bond motifs is 3. The maximum absolute atomic E-state index is 12.8. The molecule has 0 aliphatic carbocycles. The summed E-state index contributed by atoms with van der Waals surface area (Å²) in [5.74, 6) is 0. The van der Waals surface area contributed by atoms with Crippen molar-refractivity contribution in [2.24, 2.45) is 7.05 Å². The average Bonchev–Trinajstić information content (AvgIpc) is 3.01. The van der Waals surface area contributed by atoms with Gasteiger partial charge in [-0.25, -0.2) is 0 Å². The summed E-state index contributed by atoms with van der Waals surface area (Å²) in [6.07, 6.45) is 2.84. The van der Waals surface area contributed by atoms with Crippen LogP contribution in [0.2, 0.25) is 0 Å². The first kappa shape index (κ1) is 19.1. The van der Waals surface area contributed by atoms with Crippen LogP contribution in [-0.2, 0) is 20.0 Å². The second-order valence-corrected chi connectivity index (χ2v) is 7.30. The molecule has 29 heavy (non-hydrogen) atoms. The lowest BCUT2D eigenvalue weighted by Gasteiger charge is -2.14. The molecule has 6 nitrogen and oxygen atoms in total. The van der Waals surface area contributed by atoms with Gasteiger partial charge in [0.2, 0.25) is 0 Å². The van der Waals surface area contributed by atoms with Gasteiger partial charge in [0.25, 0.3) is 5.56 Å². The topological polar surface area (TPSA) is 64.7 Å². The number of nitrogens with one attached hydrogen (secondary N) is 1. The van der Waals surface area contributed by atoms with Gasteiger partial charge >= 0.3 is 0 Å². The molecule has 1 aliphatic rings. The zero-order valence-corrected chi connectivity index (χ0v) is 15.9. The molecule has 0 spiro atoms. The van der Waals surface area contributed by atoms with E-state index >= 15 is 0 Å². The third-order valence-electron chi connectivity index (χ3n) is 5.55. The molecule has 0 unspecified atom stereocenters. The van der Waals surface area contributed by atoms with Crippen molar-refractivity contribution in [3.8, 4) is 16.9 Å². The van der Waals surface area contributed by atoms with Gasteiger partial charge in [0, 0.05) is 55.5 Å². The Morgan fingerprint density at radius 3 is 2.69 bits per heavy atom. The molecule has 0 amide bonds. The van der Waals surface area contributed by atoms with E-state index in [4.69, 9.17) is 0 Å². The molecular weight excluding hydrogens is 362 g/mol. The monoisotopic (exact) mass is 387 g/mol. The third-order valence-corrected chi connectivity index (χ3v) is 5.55. The van der Waals surface area contributed by atoms with E-state index in [1.807, 2.05) is 37.4 Å².